The third-order valence-corrected chi connectivity index (χ3v) is 4.35. The van der Waals surface area contributed by atoms with E-state index < -0.39 is 0 Å². The second kappa shape index (κ2) is 6.27. The van der Waals surface area contributed by atoms with Gasteiger partial charge < -0.3 is 5.32 Å². The molecule has 0 aliphatic heterocycles. The quantitative estimate of drug-likeness (QED) is 0.871. The van der Waals surface area contributed by atoms with E-state index in [9.17, 15) is 0 Å². The third-order valence-electron chi connectivity index (χ3n) is 4.35. The second-order valence-corrected chi connectivity index (χ2v) is 5.52. The molecule has 0 radical (unpaired) electrons. The van der Waals surface area contributed by atoms with E-state index in [-0.39, 0.29) is 6.04 Å². The first-order valence-corrected chi connectivity index (χ1v) is 7.17. The summed E-state index contributed by atoms with van der Waals surface area (Å²) < 4.78 is 1.98. The van der Waals surface area contributed by atoms with Crippen LogP contribution in [0.4, 0.5) is 0 Å². The Morgan fingerprint density at radius 3 is 2.56 bits per heavy atom. The van der Waals surface area contributed by atoms with Crippen molar-refractivity contribution in [3.63, 3.8) is 0 Å². The van der Waals surface area contributed by atoms with Crippen molar-refractivity contribution < 1.29 is 0 Å². The van der Waals surface area contributed by atoms with Crippen molar-refractivity contribution in [2.45, 2.75) is 58.5 Å². The van der Waals surface area contributed by atoms with Crippen LogP contribution in [0.5, 0.6) is 0 Å². The molecule has 1 fully saturated rings. The molecule has 1 aliphatic rings. The lowest BCUT2D eigenvalue weighted by atomic mass is 9.81. The van der Waals surface area contributed by atoms with E-state index in [1.807, 2.05) is 11.7 Å². The fourth-order valence-corrected chi connectivity index (χ4v) is 2.85. The van der Waals surface area contributed by atoms with E-state index in [2.05, 4.69) is 34.7 Å². The minimum absolute atomic E-state index is 0.215. The summed E-state index contributed by atoms with van der Waals surface area (Å²) in [4.78, 5) is 0. The highest BCUT2D eigenvalue weighted by Crippen LogP contribution is 2.31. The summed E-state index contributed by atoms with van der Waals surface area (Å²) in [5, 5.41) is 15.3. The molecular weight excluding hydrogens is 226 g/mol. The van der Waals surface area contributed by atoms with Gasteiger partial charge >= 0.3 is 0 Å². The average molecular weight is 251 g/mol. The molecular formula is C13H25N5. The molecule has 1 atom stereocenters. The van der Waals surface area contributed by atoms with Crippen molar-refractivity contribution in [2.24, 2.45) is 11.8 Å². The Morgan fingerprint density at radius 2 is 1.94 bits per heavy atom. The van der Waals surface area contributed by atoms with Crippen molar-refractivity contribution in [3.05, 3.63) is 5.82 Å². The number of tetrazole rings is 1. The monoisotopic (exact) mass is 251 g/mol. The second-order valence-electron chi connectivity index (χ2n) is 5.52. The largest absolute Gasteiger partial charge is 0.311 e. The zero-order valence-electron chi connectivity index (χ0n) is 11.8. The van der Waals surface area contributed by atoms with Gasteiger partial charge in [0.2, 0.25) is 0 Å². The van der Waals surface area contributed by atoms with Gasteiger partial charge in [-0.3, -0.25) is 0 Å². The summed E-state index contributed by atoms with van der Waals surface area (Å²) in [5.74, 6) is 2.65. The Morgan fingerprint density at radius 1 is 1.28 bits per heavy atom. The topological polar surface area (TPSA) is 55.6 Å². The number of nitrogens with zero attached hydrogens (tertiary/aromatic N) is 4. The van der Waals surface area contributed by atoms with Crippen LogP contribution in [0.3, 0.4) is 0 Å². The molecule has 102 valence electrons. The summed E-state index contributed by atoms with van der Waals surface area (Å²) >= 11 is 0. The fourth-order valence-electron chi connectivity index (χ4n) is 2.85. The van der Waals surface area contributed by atoms with Crippen LogP contribution in [0, 0.1) is 11.8 Å². The number of nitrogens with one attached hydrogen (secondary N) is 1. The Labute approximate surface area is 109 Å². The number of hydrogen-bond donors (Lipinski definition) is 1. The molecule has 1 aliphatic carbocycles. The maximum absolute atomic E-state index is 4.13. The molecule has 18 heavy (non-hydrogen) atoms. The smallest absolute Gasteiger partial charge is 0.167 e. The minimum atomic E-state index is 0.215. The summed E-state index contributed by atoms with van der Waals surface area (Å²) in [5.41, 5.74) is 0. The summed E-state index contributed by atoms with van der Waals surface area (Å²) in [7, 11) is 1.94. The zero-order valence-corrected chi connectivity index (χ0v) is 11.8. The summed E-state index contributed by atoms with van der Waals surface area (Å²) in [6, 6.07) is 0.215. The van der Waals surface area contributed by atoms with Gasteiger partial charge in [-0.1, -0.05) is 26.2 Å². The van der Waals surface area contributed by atoms with E-state index in [1.54, 1.807) is 0 Å². The van der Waals surface area contributed by atoms with E-state index >= 15 is 0 Å². The van der Waals surface area contributed by atoms with Crippen molar-refractivity contribution in [3.8, 4) is 0 Å². The first-order chi connectivity index (χ1) is 8.74. The molecule has 1 unspecified atom stereocenters. The molecule has 0 spiro atoms. The van der Waals surface area contributed by atoms with Crippen LogP contribution in [0.2, 0.25) is 0 Å². The van der Waals surface area contributed by atoms with Gasteiger partial charge in [-0.05, 0) is 49.1 Å². The maximum atomic E-state index is 4.13. The van der Waals surface area contributed by atoms with Crippen LogP contribution in [0.1, 0.15) is 57.8 Å². The van der Waals surface area contributed by atoms with Gasteiger partial charge in [-0.25, -0.2) is 4.68 Å². The molecule has 0 bridgehead atoms. The van der Waals surface area contributed by atoms with E-state index in [0.29, 0.717) is 0 Å². The first kappa shape index (κ1) is 13.5. The first-order valence-electron chi connectivity index (χ1n) is 7.17. The number of aromatic nitrogens is 4. The number of rotatable bonds is 5. The number of hydrogen-bond acceptors (Lipinski definition) is 4. The van der Waals surface area contributed by atoms with Crippen molar-refractivity contribution in [1.29, 1.82) is 0 Å². The Bertz CT molecular complexity index is 354. The van der Waals surface area contributed by atoms with E-state index in [0.717, 1.165) is 24.2 Å². The van der Waals surface area contributed by atoms with Crippen LogP contribution in [-0.4, -0.2) is 27.3 Å². The molecule has 5 nitrogen and oxygen atoms in total. The lowest BCUT2D eigenvalue weighted by molar-refractivity contribution is 0.237. The normalized spacial score (nSPS) is 26.2. The van der Waals surface area contributed by atoms with E-state index in [4.69, 9.17) is 0 Å². The Hall–Kier alpha value is -0.970. The van der Waals surface area contributed by atoms with Crippen LogP contribution < -0.4 is 5.32 Å². The summed E-state index contributed by atoms with van der Waals surface area (Å²) in [6.07, 6.45) is 6.73. The molecule has 5 heteroatoms. The predicted molar refractivity (Wildman–Crippen MR) is 71.0 cm³/mol. The SMILES string of the molecule is CCC1CCC(Cn2nnnc2C(C)NC)CC1. The van der Waals surface area contributed by atoms with E-state index in [1.165, 1.54) is 32.1 Å². The highest BCUT2D eigenvalue weighted by Gasteiger charge is 2.22. The van der Waals surface area contributed by atoms with Gasteiger partial charge in [-0.2, -0.15) is 0 Å². The molecule has 1 aromatic rings. The lowest BCUT2D eigenvalue weighted by Gasteiger charge is -2.27. The van der Waals surface area contributed by atoms with Crippen molar-refractivity contribution in [1.82, 2.24) is 25.5 Å². The van der Waals surface area contributed by atoms with Crippen LogP contribution in [0.25, 0.3) is 0 Å². The van der Waals surface area contributed by atoms with Crippen LogP contribution in [-0.2, 0) is 6.54 Å². The van der Waals surface area contributed by atoms with Gasteiger partial charge in [-0.15, -0.1) is 5.10 Å². The maximum Gasteiger partial charge on any atom is 0.167 e. The third kappa shape index (κ3) is 3.07. The van der Waals surface area contributed by atoms with Crippen LogP contribution in [0.15, 0.2) is 0 Å². The van der Waals surface area contributed by atoms with Gasteiger partial charge in [0, 0.05) is 6.54 Å². The molecule has 2 rings (SSSR count). The van der Waals surface area contributed by atoms with Crippen molar-refractivity contribution in [2.75, 3.05) is 7.05 Å². The van der Waals surface area contributed by atoms with Gasteiger partial charge in [0.1, 0.15) is 0 Å². The molecule has 0 saturated heterocycles. The average Bonchev–Trinajstić information content (AvgIpc) is 2.87. The molecule has 1 heterocycles. The van der Waals surface area contributed by atoms with Crippen LogP contribution >= 0.6 is 0 Å². The highest BCUT2D eigenvalue weighted by molar-refractivity contribution is 4.89. The standard InChI is InChI=1S/C13H25N5/c1-4-11-5-7-12(8-6-11)9-18-13(10(2)14-3)15-16-17-18/h10-12,14H,4-9H2,1-3H3. The Kier molecular flexibility index (Phi) is 4.69. The fraction of sp³-hybridized carbons (Fsp3) is 0.923. The van der Waals surface area contributed by atoms with Crippen molar-refractivity contribution >= 4 is 0 Å². The molecule has 1 aromatic heterocycles. The van der Waals surface area contributed by atoms with Gasteiger partial charge in [0.25, 0.3) is 0 Å². The van der Waals surface area contributed by atoms with Gasteiger partial charge in [0.05, 0.1) is 6.04 Å². The molecule has 1 N–H and O–H groups in total. The molecule has 0 aromatic carbocycles. The highest BCUT2D eigenvalue weighted by atomic mass is 15.5. The summed E-state index contributed by atoms with van der Waals surface area (Å²) in [6.45, 7) is 5.38. The zero-order chi connectivity index (χ0) is 13.0. The molecule has 1 saturated carbocycles. The van der Waals surface area contributed by atoms with Gasteiger partial charge in [0.15, 0.2) is 5.82 Å². The Balaban J connectivity index is 1.92. The molecule has 0 amide bonds. The predicted octanol–water partition coefficient (Wildman–Crippen LogP) is 2.17. The lowest BCUT2D eigenvalue weighted by Crippen LogP contribution is -2.23. The minimum Gasteiger partial charge on any atom is -0.311 e.